The third-order valence-corrected chi connectivity index (χ3v) is 10.9. The number of nitrogens with two attached hydrogens (primary N) is 1. The summed E-state index contributed by atoms with van der Waals surface area (Å²) in [7, 11) is 0. The quantitative estimate of drug-likeness (QED) is 0.0468. The van der Waals surface area contributed by atoms with Crippen LogP contribution in [0.4, 0.5) is 11.4 Å². The van der Waals surface area contributed by atoms with Crippen LogP contribution in [0, 0.1) is 26.1 Å². The van der Waals surface area contributed by atoms with E-state index >= 15 is 0 Å². The summed E-state index contributed by atoms with van der Waals surface area (Å²) < 4.78 is 0. The fraction of sp³-hybridized carbons (Fsp3) is 0.128. The Balaban J connectivity index is 0.956. The molecule has 13 nitrogen and oxygen atoms in total. The van der Waals surface area contributed by atoms with Gasteiger partial charge in [-0.15, -0.1) is 0 Å². The molecule has 0 radical (unpaired) electrons. The number of carbonyl (C=O) groups excluding carboxylic acids is 3. The van der Waals surface area contributed by atoms with Gasteiger partial charge in [0.25, 0.3) is 17.3 Å². The Hall–Kier alpha value is -7.93. The van der Waals surface area contributed by atoms with E-state index in [4.69, 9.17) is 15.7 Å². The Kier molecular flexibility index (Phi) is 10.7. The lowest BCUT2D eigenvalue weighted by atomic mass is 9.92. The number of hydrogen-bond donors (Lipinski definition) is 2. The largest absolute Gasteiger partial charge is 0.369 e. The number of nitrogens with zero attached hydrogens (tertiary/aromatic N) is 4. The molecule has 1 unspecified atom stereocenters. The summed E-state index contributed by atoms with van der Waals surface area (Å²) in [5.74, 6) is -2.93. The highest BCUT2D eigenvalue weighted by atomic mass is 16.6. The summed E-state index contributed by atoms with van der Waals surface area (Å²) in [5.41, 5.74) is 10.9. The van der Waals surface area contributed by atoms with Gasteiger partial charge in [0.15, 0.2) is 5.78 Å². The lowest BCUT2D eigenvalue weighted by molar-refractivity contribution is -0.385. The Morgan fingerprint density at radius 2 is 0.983 bits per heavy atom. The topological polar surface area (TPSA) is 201 Å². The summed E-state index contributed by atoms with van der Waals surface area (Å²) in [6.07, 6.45) is 0.0709. The van der Waals surface area contributed by atoms with Crippen LogP contribution < -0.4 is 11.1 Å². The summed E-state index contributed by atoms with van der Waals surface area (Å²) in [6.45, 7) is -0.0722. The minimum atomic E-state index is -1.01. The first-order valence-electron chi connectivity index (χ1n) is 19.2. The lowest BCUT2D eigenvalue weighted by Gasteiger charge is -2.14. The van der Waals surface area contributed by atoms with Crippen LogP contribution in [-0.4, -0.2) is 44.0 Å². The Morgan fingerprint density at radius 1 is 0.583 bits per heavy atom. The molecule has 0 aliphatic heterocycles. The zero-order valence-electron chi connectivity index (χ0n) is 32.0. The predicted octanol–water partition coefficient (Wildman–Crippen LogP) is 8.58. The molecule has 0 aliphatic rings. The van der Waals surface area contributed by atoms with E-state index in [-0.39, 0.29) is 54.7 Å². The predicted molar refractivity (Wildman–Crippen MR) is 229 cm³/mol. The van der Waals surface area contributed by atoms with E-state index in [0.717, 1.165) is 54.7 Å². The summed E-state index contributed by atoms with van der Waals surface area (Å²) >= 11 is 0. The summed E-state index contributed by atoms with van der Waals surface area (Å²) in [5, 5.41) is 30.8. The first-order chi connectivity index (χ1) is 29.0. The number of benzene rings is 6. The smallest absolute Gasteiger partial charge is 0.273 e. The first kappa shape index (κ1) is 38.9. The van der Waals surface area contributed by atoms with Gasteiger partial charge in [-0.05, 0) is 47.9 Å². The van der Waals surface area contributed by atoms with Gasteiger partial charge < -0.3 is 11.1 Å². The van der Waals surface area contributed by atoms with Gasteiger partial charge in [-0.2, -0.15) is 0 Å². The maximum Gasteiger partial charge on any atom is 0.273 e. The lowest BCUT2D eigenvalue weighted by Crippen LogP contribution is -2.31. The van der Waals surface area contributed by atoms with Crippen LogP contribution in [0.25, 0.3) is 43.6 Å². The van der Waals surface area contributed by atoms with Crippen molar-refractivity contribution in [3.8, 4) is 0 Å². The minimum Gasteiger partial charge on any atom is -0.369 e. The van der Waals surface area contributed by atoms with Gasteiger partial charge in [0.1, 0.15) is 0 Å². The Bertz CT molecular complexity index is 2950. The van der Waals surface area contributed by atoms with Gasteiger partial charge in [-0.25, -0.2) is 9.97 Å². The van der Waals surface area contributed by atoms with Crippen LogP contribution in [0.3, 0.4) is 0 Å². The van der Waals surface area contributed by atoms with Gasteiger partial charge in [-0.3, -0.25) is 34.6 Å². The van der Waals surface area contributed by atoms with Crippen molar-refractivity contribution < 1.29 is 24.2 Å². The van der Waals surface area contributed by atoms with Crippen molar-refractivity contribution >= 4 is 72.6 Å². The number of primary amides is 1. The van der Waals surface area contributed by atoms with E-state index in [1.54, 1.807) is 12.1 Å². The number of fused-ring (bicyclic) bond motifs is 4. The summed E-state index contributed by atoms with van der Waals surface area (Å²) in [6, 6.07) is 38.9. The van der Waals surface area contributed by atoms with E-state index in [1.165, 1.54) is 24.3 Å². The molecular formula is C47H36N6O7. The van der Waals surface area contributed by atoms with Gasteiger partial charge in [0.2, 0.25) is 5.91 Å². The third-order valence-electron chi connectivity index (χ3n) is 10.9. The van der Waals surface area contributed by atoms with Crippen LogP contribution in [0.15, 0.2) is 133 Å². The molecule has 0 saturated heterocycles. The second-order valence-electron chi connectivity index (χ2n) is 14.6. The molecule has 1 atom stereocenters. The third kappa shape index (κ3) is 7.83. The molecule has 0 spiro atoms. The van der Waals surface area contributed by atoms with Gasteiger partial charge in [-0.1, -0.05) is 91.0 Å². The molecule has 13 heteroatoms. The van der Waals surface area contributed by atoms with E-state index in [1.807, 2.05) is 97.1 Å². The van der Waals surface area contributed by atoms with E-state index in [0.29, 0.717) is 11.1 Å². The van der Waals surface area contributed by atoms with Crippen molar-refractivity contribution in [1.82, 2.24) is 15.3 Å². The second kappa shape index (κ2) is 16.5. The number of ketones is 1. The minimum absolute atomic E-state index is 0.0163. The number of nitro groups is 2. The number of carbonyl (C=O) groups is 3. The molecule has 2 aromatic heterocycles. The summed E-state index contributed by atoms with van der Waals surface area (Å²) in [4.78, 5) is 72.3. The molecule has 2 amide bonds. The number of hydrogen-bond acceptors (Lipinski definition) is 9. The van der Waals surface area contributed by atoms with Crippen molar-refractivity contribution in [2.75, 3.05) is 6.54 Å². The van der Waals surface area contributed by atoms with E-state index in [9.17, 15) is 34.6 Å². The normalized spacial score (nSPS) is 11.8. The Labute approximate surface area is 342 Å². The number of nitrogens with one attached hydrogen (secondary N) is 1. The van der Waals surface area contributed by atoms with Crippen LogP contribution in [-0.2, 0) is 17.6 Å². The molecule has 6 aromatic carbocycles. The number of aromatic nitrogens is 2. The Morgan fingerprint density at radius 3 is 1.40 bits per heavy atom. The zero-order chi connectivity index (χ0) is 41.9. The van der Waals surface area contributed by atoms with Gasteiger partial charge in [0, 0.05) is 87.7 Å². The van der Waals surface area contributed by atoms with Crippen LogP contribution in [0.1, 0.15) is 55.8 Å². The number of amides is 2. The molecule has 0 bridgehead atoms. The maximum atomic E-state index is 13.5. The van der Waals surface area contributed by atoms with E-state index in [2.05, 4.69) is 5.32 Å². The van der Waals surface area contributed by atoms with Crippen LogP contribution in [0.2, 0.25) is 0 Å². The van der Waals surface area contributed by atoms with Gasteiger partial charge in [0.05, 0.1) is 31.9 Å². The number of nitro benzene ring substituents is 2. The highest BCUT2D eigenvalue weighted by Crippen LogP contribution is 2.33. The zero-order valence-corrected chi connectivity index (χ0v) is 32.0. The maximum absolute atomic E-state index is 13.5. The molecule has 2 heterocycles. The monoisotopic (exact) mass is 796 g/mol. The van der Waals surface area contributed by atoms with E-state index < -0.39 is 33.4 Å². The second-order valence-corrected chi connectivity index (χ2v) is 14.6. The molecule has 3 N–H and O–H groups in total. The van der Waals surface area contributed by atoms with Crippen molar-refractivity contribution in [3.05, 3.63) is 187 Å². The molecule has 0 fully saturated rings. The average molecular weight is 797 g/mol. The number of pyridine rings is 2. The van der Waals surface area contributed by atoms with Crippen molar-refractivity contribution in [3.63, 3.8) is 0 Å². The number of rotatable bonds is 14. The van der Waals surface area contributed by atoms with Crippen LogP contribution in [0.5, 0.6) is 0 Å². The molecule has 8 rings (SSSR count). The molecule has 0 saturated carbocycles. The molecular weight excluding hydrogens is 761 g/mol. The first-order valence-corrected chi connectivity index (χ1v) is 19.2. The highest BCUT2D eigenvalue weighted by molar-refractivity contribution is 6.01. The van der Waals surface area contributed by atoms with Gasteiger partial charge >= 0.3 is 0 Å². The molecule has 296 valence electrons. The fourth-order valence-corrected chi connectivity index (χ4v) is 7.85. The molecule has 0 aliphatic carbocycles. The average Bonchev–Trinajstić information content (AvgIpc) is 3.25. The highest BCUT2D eigenvalue weighted by Gasteiger charge is 2.25. The standard InChI is InChI=1S/C47H36N6O7/c48-46(55)31(27-45(54)30-19-17-28(43(25-30)52(57)58)23-37-33-9-1-5-13-39(33)50-40-14-6-2-10-34(37)40)21-22-49-47(56)32-20-18-29(44(26-32)53(59)60)24-38-35-11-3-7-15-41(35)51-42-16-8-4-12-36(38)42/h1-20,25-26,31H,21-24,27H2,(H2,48,55)(H,49,56). The SMILES string of the molecule is NC(=O)C(CCNC(=O)c1ccc(Cc2c3ccccc3nc3ccccc23)c([N+](=O)[O-])c1)CC(=O)c1ccc(Cc2c3ccccc3nc3ccccc23)c([N+](=O)[O-])c1. The van der Waals surface area contributed by atoms with Crippen molar-refractivity contribution in [2.24, 2.45) is 11.7 Å². The number of para-hydroxylation sites is 4. The van der Waals surface area contributed by atoms with Crippen molar-refractivity contribution in [2.45, 2.75) is 25.7 Å². The molecule has 8 aromatic rings. The fourth-order valence-electron chi connectivity index (χ4n) is 7.85. The molecule has 60 heavy (non-hydrogen) atoms. The van der Waals surface area contributed by atoms with Crippen molar-refractivity contribution in [1.29, 1.82) is 0 Å². The number of Topliss-reactive ketones (excluding diaryl/α,β-unsaturated/α-hetero) is 1. The van der Waals surface area contributed by atoms with Crippen LogP contribution >= 0.6 is 0 Å².